The van der Waals surface area contributed by atoms with Gasteiger partial charge in [0.1, 0.15) is 0 Å². The Labute approximate surface area is 103 Å². The van der Waals surface area contributed by atoms with E-state index in [4.69, 9.17) is 19.9 Å². The highest BCUT2D eigenvalue weighted by Gasteiger charge is 2.50. The Morgan fingerprint density at radius 3 is 2.24 bits per heavy atom. The number of hydrogen-bond donors (Lipinski definition) is 1. The van der Waals surface area contributed by atoms with Crippen molar-refractivity contribution in [2.75, 3.05) is 40.5 Å². The minimum atomic E-state index is -0.0376. The van der Waals surface area contributed by atoms with Crippen LogP contribution in [0.4, 0.5) is 0 Å². The Morgan fingerprint density at radius 1 is 1.29 bits per heavy atom. The van der Waals surface area contributed by atoms with Gasteiger partial charge in [-0.05, 0) is 13.3 Å². The van der Waals surface area contributed by atoms with Crippen molar-refractivity contribution >= 4 is 0 Å². The molecular weight excluding hydrogens is 220 g/mol. The number of hydrogen-bond acceptors (Lipinski definition) is 5. The maximum absolute atomic E-state index is 6.01. The maximum atomic E-state index is 6.01. The fourth-order valence-corrected chi connectivity index (χ4v) is 3.14. The first-order valence-corrected chi connectivity index (χ1v) is 6.30. The fraction of sp³-hybridized carbons (Fsp3) is 1.00. The molecule has 2 N–H and O–H groups in total. The van der Waals surface area contributed by atoms with Gasteiger partial charge in [-0.25, -0.2) is 0 Å². The minimum absolute atomic E-state index is 0.0376. The van der Waals surface area contributed by atoms with E-state index in [9.17, 15) is 0 Å². The lowest BCUT2D eigenvalue weighted by Crippen LogP contribution is -2.57. The molecule has 4 atom stereocenters. The van der Waals surface area contributed by atoms with Gasteiger partial charge in [-0.3, -0.25) is 4.90 Å². The van der Waals surface area contributed by atoms with E-state index in [0.29, 0.717) is 6.54 Å². The van der Waals surface area contributed by atoms with Crippen LogP contribution >= 0.6 is 0 Å². The molecule has 4 unspecified atom stereocenters. The second-order valence-corrected chi connectivity index (χ2v) is 5.02. The Kier molecular flexibility index (Phi) is 4.05. The molecule has 0 aliphatic carbocycles. The van der Waals surface area contributed by atoms with E-state index in [0.717, 1.165) is 26.1 Å². The molecule has 0 spiro atoms. The molecule has 5 nitrogen and oxygen atoms in total. The molecule has 2 aliphatic heterocycles. The van der Waals surface area contributed by atoms with E-state index < -0.39 is 0 Å². The summed E-state index contributed by atoms with van der Waals surface area (Å²) in [6.45, 7) is 5.28. The summed E-state index contributed by atoms with van der Waals surface area (Å²) in [6, 6.07) is 0. The van der Waals surface area contributed by atoms with Gasteiger partial charge in [0.05, 0.1) is 23.9 Å². The van der Waals surface area contributed by atoms with Gasteiger partial charge in [0.25, 0.3) is 0 Å². The van der Waals surface area contributed by atoms with E-state index in [-0.39, 0.29) is 23.9 Å². The van der Waals surface area contributed by atoms with Gasteiger partial charge in [-0.2, -0.15) is 0 Å². The second-order valence-electron chi connectivity index (χ2n) is 5.02. The highest BCUT2D eigenvalue weighted by atomic mass is 16.5. The zero-order valence-corrected chi connectivity index (χ0v) is 11.0. The van der Waals surface area contributed by atoms with E-state index in [2.05, 4.69) is 11.8 Å². The van der Waals surface area contributed by atoms with Crippen LogP contribution in [0.2, 0.25) is 0 Å². The molecule has 0 amide bonds. The van der Waals surface area contributed by atoms with Crippen molar-refractivity contribution in [3.63, 3.8) is 0 Å². The van der Waals surface area contributed by atoms with Crippen molar-refractivity contribution < 1.29 is 14.2 Å². The molecule has 5 heteroatoms. The third kappa shape index (κ3) is 2.11. The van der Waals surface area contributed by atoms with E-state index in [1.54, 1.807) is 14.2 Å². The Hall–Kier alpha value is -0.200. The van der Waals surface area contributed by atoms with Crippen molar-refractivity contribution in [2.24, 2.45) is 5.73 Å². The smallest absolute Gasteiger partial charge is 0.0972 e. The number of ether oxygens (including phenoxy) is 3. The molecule has 2 rings (SSSR count). The monoisotopic (exact) mass is 244 g/mol. The highest BCUT2D eigenvalue weighted by Crippen LogP contribution is 2.35. The molecule has 0 saturated carbocycles. The summed E-state index contributed by atoms with van der Waals surface area (Å²) in [7, 11) is 3.48. The molecule has 2 fully saturated rings. The summed E-state index contributed by atoms with van der Waals surface area (Å²) in [4.78, 5) is 2.40. The Morgan fingerprint density at radius 2 is 1.88 bits per heavy atom. The molecular formula is C12H24N2O3. The first-order valence-electron chi connectivity index (χ1n) is 6.30. The van der Waals surface area contributed by atoms with Gasteiger partial charge in [0, 0.05) is 40.5 Å². The summed E-state index contributed by atoms with van der Waals surface area (Å²) >= 11 is 0. The van der Waals surface area contributed by atoms with Crippen molar-refractivity contribution in [2.45, 2.75) is 37.2 Å². The first-order chi connectivity index (χ1) is 8.17. The summed E-state index contributed by atoms with van der Waals surface area (Å²) in [5.74, 6) is 0. The molecule has 2 aliphatic rings. The third-order valence-corrected chi connectivity index (χ3v) is 4.46. The number of nitrogens with zero attached hydrogens (tertiary/aromatic N) is 1. The van der Waals surface area contributed by atoms with Crippen LogP contribution < -0.4 is 5.73 Å². The lowest BCUT2D eigenvalue weighted by molar-refractivity contribution is -0.00461. The molecule has 17 heavy (non-hydrogen) atoms. The van der Waals surface area contributed by atoms with Gasteiger partial charge in [-0.15, -0.1) is 0 Å². The zero-order valence-electron chi connectivity index (χ0n) is 11.0. The fourth-order valence-electron chi connectivity index (χ4n) is 3.14. The van der Waals surface area contributed by atoms with E-state index in [1.165, 1.54) is 0 Å². The predicted molar refractivity (Wildman–Crippen MR) is 65.0 cm³/mol. The molecule has 0 aromatic rings. The number of methoxy groups -OCH3 is 2. The van der Waals surface area contributed by atoms with Gasteiger partial charge < -0.3 is 19.9 Å². The van der Waals surface area contributed by atoms with Crippen molar-refractivity contribution in [1.82, 2.24) is 4.90 Å². The van der Waals surface area contributed by atoms with Gasteiger partial charge in [0.2, 0.25) is 0 Å². The second kappa shape index (κ2) is 5.20. The van der Waals surface area contributed by atoms with Gasteiger partial charge in [0.15, 0.2) is 0 Å². The molecule has 0 aromatic heterocycles. The van der Waals surface area contributed by atoms with Crippen molar-refractivity contribution in [3.05, 3.63) is 0 Å². The van der Waals surface area contributed by atoms with Crippen LogP contribution in [0.25, 0.3) is 0 Å². The first kappa shape index (κ1) is 13.2. The molecule has 2 saturated heterocycles. The van der Waals surface area contributed by atoms with Gasteiger partial charge >= 0.3 is 0 Å². The van der Waals surface area contributed by atoms with E-state index in [1.807, 2.05) is 0 Å². The average molecular weight is 244 g/mol. The zero-order chi connectivity index (χ0) is 12.5. The van der Waals surface area contributed by atoms with E-state index >= 15 is 0 Å². The molecule has 0 aromatic carbocycles. The predicted octanol–water partition coefficient (Wildman–Crippen LogP) is -0.162. The maximum Gasteiger partial charge on any atom is 0.0972 e. The molecule has 0 bridgehead atoms. The normalized spacial score (nSPS) is 43.4. The average Bonchev–Trinajstić information content (AvgIpc) is 2.92. The van der Waals surface area contributed by atoms with Crippen LogP contribution in [-0.2, 0) is 14.2 Å². The topological polar surface area (TPSA) is 57.0 Å². The van der Waals surface area contributed by atoms with Crippen LogP contribution in [0.3, 0.4) is 0 Å². The SMILES string of the molecule is COC1CN(C2(CN)CCOC2C)CC1OC. The van der Waals surface area contributed by atoms with Crippen LogP contribution in [0.5, 0.6) is 0 Å². The standard InChI is InChI=1S/C12H24N2O3/c1-9-12(8-13,4-5-17-9)14-6-10(15-2)11(7-14)16-3/h9-11H,4-8,13H2,1-3H3. The number of likely N-dealkylation sites (tertiary alicyclic amines) is 1. The summed E-state index contributed by atoms with van der Waals surface area (Å²) in [6.07, 6.45) is 1.45. The number of rotatable bonds is 4. The molecule has 100 valence electrons. The summed E-state index contributed by atoms with van der Waals surface area (Å²) in [5.41, 5.74) is 5.97. The van der Waals surface area contributed by atoms with Crippen molar-refractivity contribution in [3.8, 4) is 0 Å². The lowest BCUT2D eigenvalue weighted by atomic mass is 9.90. The minimum Gasteiger partial charge on any atom is -0.377 e. The highest BCUT2D eigenvalue weighted by molar-refractivity contribution is 5.05. The third-order valence-electron chi connectivity index (χ3n) is 4.46. The van der Waals surface area contributed by atoms with Crippen LogP contribution in [0.1, 0.15) is 13.3 Å². The van der Waals surface area contributed by atoms with Crippen LogP contribution in [-0.4, -0.2) is 69.2 Å². The molecule has 2 heterocycles. The largest absolute Gasteiger partial charge is 0.377 e. The van der Waals surface area contributed by atoms with Crippen LogP contribution in [0.15, 0.2) is 0 Å². The number of nitrogens with two attached hydrogens (primary N) is 1. The summed E-state index contributed by atoms with van der Waals surface area (Å²) < 4.78 is 16.7. The quantitative estimate of drug-likeness (QED) is 0.744. The Balaban J connectivity index is 2.12. The van der Waals surface area contributed by atoms with Crippen LogP contribution in [0, 0.1) is 0 Å². The lowest BCUT2D eigenvalue weighted by Gasteiger charge is -2.40. The van der Waals surface area contributed by atoms with Crippen molar-refractivity contribution in [1.29, 1.82) is 0 Å². The molecule has 0 radical (unpaired) electrons. The Bertz CT molecular complexity index is 252. The summed E-state index contributed by atoms with van der Waals surface area (Å²) in [5, 5.41) is 0. The van der Waals surface area contributed by atoms with Gasteiger partial charge in [-0.1, -0.05) is 0 Å².